The molecule has 1 N–H and O–H groups in total. The van der Waals surface area contributed by atoms with Crippen molar-refractivity contribution in [2.24, 2.45) is 0 Å². The number of rotatable bonds is 4. The van der Waals surface area contributed by atoms with Crippen LogP contribution in [0.2, 0.25) is 0 Å². The molecule has 1 amide bonds. The van der Waals surface area contributed by atoms with E-state index < -0.39 is 4.92 Å². The van der Waals surface area contributed by atoms with Gasteiger partial charge in [-0.05, 0) is 30.1 Å². The van der Waals surface area contributed by atoms with Gasteiger partial charge >= 0.3 is 0 Å². The van der Waals surface area contributed by atoms with Crippen LogP contribution in [0.15, 0.2) is 59.5 Å². The van der Waals surface area contributed by atoms with Gasteiger partial charge in [0.15, 0.2) is 0 Å². The summed E-state index contributed by atoms with van der Waals surface area (Å²) in [4.78, 5) is 22.5. The van der Waals surface area contributed by atoms with Crippen molar-refractivity contribution in [2.45, 2.75) is 4.90 Å². The van der Waals surface area contributed by atoms with Gasteiger partial charge in [-0.25, -0.2) is 0 Å². The van der Waals surface area contributed by atoms with Crippen LogP contribution in [0, 0.1) is 10.1 Å². The molecule has 0 heterocycles. The van der Waals surface area contributed by atoms with E-state index in [0.29, 0.717) is 10.5 Å². The number of benzene rings is 2. The summed E-state index contributed by atoms with van der Waals surface area (Å²) in [6.07, 6.45) is 0. The van der Waals surface area contributed by atoms with Crippen LogP contribution in [0.25, 0.3) is 0 Å². The number of nitrogens with zero attached hydrogens (tertiary/aromatic N) is 1. The second-order valence-electron chi connectivity index (χ2n) is 3.65. The lowest BCUT2D eigenvalue weighted by Gasteiger charge is -2.04. The van der Waals surface area contributed by atoms with Crippen LogP contribution in [0.3, 0.4) is 0 Å². The van der Waals surface area contributed by atoms with Crippen molar-refractivity contribution in [3.05, 3.63) is 70.3 Å². The van der Waals surface area contributed by atoms with E-state index in [1.165, 1.54) is 12.1 Å². The van der Waals surface area contributed by atoms with Crippen molar-refractivity contribution in [3.63, 3.8) is 0 Å². The zero-order valence-electron chi connectivity index (χ0n) is 9.78. The van der Waals surface area contributed by atoms with E-state index in [9.17, 15) is 14.9 Å². The number of nitro benzene ring substituents is 1. The van der Waals surface area contributed by atoms with Gasteiger partial charge < -0.3 is 0 Å². The second-order valence-corrected chi connectivity index (χ2v) is 4.53. The molecule has 0 saturated heterocycles. The Morgan fingerprint density at radius 3 is 2.53 bits per heavy atom. The van der Waals surface area contributed by atoms with Crippen LogP contribution in [-0.4, -0.2) is 10.8 Å². The first kappa shape index (κ1) is 13.1. The Bertz CT molecular complexity index is 602. The van der Waals surface area contributed by atoms with Crippen LogP contribution in [0.4, 0.5) is 5.69 Å². The Hall–Kier alpha value is -2.34. The third-order valence-corrected chi connectivity index (χ3v) is 3.10. The van der Waals surface area contributed by atoms with Gasteiger partial charge in [0.2, 0.25) is 0 Å². The molecule has 0 atom stereocenters. The van der Waals surface area contributed by atoms with Gasteiger partial charge in [-0.15, -0.1) is 0 Å². The number of nitrogens with one attached hydrogen (secondary N) is 1. The second kappa shape index (κ2) is 6.01. The molecule has 0 aliphatic heterocycles. The number of carbonyl (C=O) groups excluding carboxylic acids is 1. The van der Waals surface area contributed by atoms with Crippen molar-refractivity contribution >= 4 is 23.5 Å². The molecule has 0 aromatic heterocycles. The molecule has 19 heavy (non-hydrogen) atoms. The maximum absolute atomic E-state index is 11.8. The minimum absolute atomic E-state index is 0.000963. The summed E-state index contributed by atoms with van der Waals surface area (Å²) in [5.41, 5.74) is 0.541. The molecule has 2 rings (SSSR count). The minimum Gasteiger partial charge on any atom is -0.292 e. The molecular formula is C13H10N2O3S. The lowest BCUT2D eigenvalue weighted by Crippen LogP contribution is -2.15. The molecule has 0 saturated carbocycles. The van der Waals surface area contributed by atoms with E-state index in [1.54, 1.807) is 36.4 Å². The molecule has 2 aromatic carbocycles. The standard InChI is InChI=1S/C13H10N2O3S/c16-13(10-5-2-1-3-6-10)14-19-12-8-4-7-11(9-12)15(17)18/h1-9H,(H,14,16). The molecule has 6 heteroatoms. The smallest absolute Gasteiger partial charge is 0.270 e. The van der Waals surface area contributed by atoms with E-state index in [0.717, 1.165) is 11.9 Å². The number of nitro groups is 1. The monoisotopic (exact) mass is 274 g/mol. The van der Waals surface area contributed by atoms with Gasteiger partial charge in [0.25, 0.3) is 11.6 Å². The summed E-state index contributed by atoms with van der Waals surface area (Å²) in [5, 5.41) is 10.6. The largest absolute Gasteiger partial charge is 0.292 e. The third kappa shape index (κ3) is 3.56. The molecular weight excluding hydrogens is 264 g/mol. The fourth-order valence-electron chi connectivity index (χ4n) is 1.41. The van der Waals surface area contributed by atoms with Gasteiger partial charge in [-0.3, -0.25) is 19.6 Å². The van der Waals surface area contributed by atoms with Gasteiger partial charge in [0.05, 0.1) is 4.92 Å². The lowest BCUT2D eigenvalue weighted by atomic mass is 10.2. The Balaban J connectivity index is 2.01. The molecule has 0 fully saturated rings. The van der Waals surface area contributed by atoms with Crippen molar-refractivity contribution in [2.75, 3.05) is 0 Å². The zero-order valence-corrected chi connectivity index (χ0v) is 10.6. The number of hydrogen-bond acceptors (Lipinski definition) is 4. The summed E-state index contributed by atoms with van der Waals surface area (Å²) in [6, 6.07) is 14.9. The molecule has 5 nitrogen and oxygen atoms in total. The highest BCUT2D eigenvalue weighted by molar-refractivity contribution is 7.98. The molecule has 0 bridgehead atoms. The predicted molar refractivity (Wildman–Crippen MR) is 72.9 cm³/mol. The molecule has 2 aromatic rings. The van der Waals surface area contributed by atoms with Crippen molar-refractivity contribution in [1.29, 1.82) is 0 Å². The van der Waals surface area contributed by atoms with Gasteiger partial charge in [-0.2, -0.15) is 0 Å². The van der Waals surface area contributed by atoms with Crippen molar-refractivity contribution in [1.82, 2.24) is 4.72 Å². The fraction of sp³-hybridized carbons (Fsp3) is 0. The van der Waals surface area contributed by atoms with Crippen molar-refractivity contribution < 1.29 is 9.72 Å². The van der Waals surface area contributed by atoms with E-state index in [1.807, 2.05) is 6.07 Å². The van der Waals surface area contributed by atoms with Gasteiger partial charge in [0.1, 0.15) is 0 Å². The maximum Gasteiger partial charge on any atom is 0.270 e. The SMILES string of the molecule is O=C(NSc1cccc([N+](=O)[O-])c1)c1ccccc1. The van der Waals surface area contributed by atoms with E-state index >= 15 is 0 Å². The first-order chi connectivity index (χ1) is 9.16. The Kier molecular flexibility index (Phi) is 4.15. The third-order valence-electron chi connectivity index (χ3n) is 2.33. The van der Waals surface area contributed by atoms with Crippen LogP contribution in [0.5, 0.6) is 0 Å². The Morgan fingerprint density at radius 1 is 1.11 bits per heavy atom. The average molecular weight is 274 g/mol. The molecule has 0 spiro atoms. The average Bonchev–Trinajstić information content (AvgIpc) is 2.46. The normalized spacial score (nSPS) is 9.89. The molecule has 96 valence electrons. The summed E-state index contributed by atoms with van der Waals surface area (Å²) in [5.74, 6) is -0.239. The molecule has 0 unspecified atom stereocenters. The van der Waals surface area contributed by atoms with Gasteiger partial charge in [-0.1, -0.05) is 24.3 Å². The lowest BCUT2D eigenvalue weighted by molar-refractivity contribution is -0.385. The van der Waals surface area contributed by atoms with Gasteiger partial charge in [0, 0.05) is 22.6 Å². The minimum atomic E-state index is -0.469. The molecule has 0 aliphatic carbocycles. The van der Waals surface area contributed by atoms with Crippen LogP contribution >= 0.6 is 11.9 Å². The highest BCUT2D eigenvalue weighted by atomic mass is 32.2. The summed E-state index contributed by atoms with van der Waals surface area (Å²) >= 11 is 1.05. The number of amides is 1. The highest BCUT2D eigenvalue weighted by Crippen LogP contribution is 2.20. The maximum atomic E-state index is 11.8. The molecule has 0 radical (unpaired) electrons. The number of carbonyl (C=O) groups is 1. The quantitative estimate of drug-likeness (QED) is 0.528. The number of non-ortho nitro benzene ring substituents is 1. The Labute approximate surface area is 113 Å². The fourth-order valence-corrected chi connectivity index (χ4v) is 2.07. The van der Waals surface area contributed by atoms with E-state index in [-0.39, 0.29) is 11.6 Å². The first-order valence-corrected chi connectivity index (χ1v) is 6.25. The van der Waals surface area contributed by atoms with Crippen molar-refractivity contribution in [3.8, 4) is 0 Å². The highest BCUT2D eigenvalue weighted by Gasteiger charge is 2.08. The van der Waals surface area contributed by atoms with E-state index in [4.69, 9.17) is 0 Å². The Morgan fingerprint density at radius 2 is 1.84 bits per heavy atom. The summed E-state index contributed by atoms with van der Waals surface area (Å²) in [7, 11) is 0. The predicted octanol–water partition coefficient (Wildman–Crippen LogP) is 3.03. The molecule has 0 aliphatic rings. The topological polar surface area (TPSA) is 72.2 Å². The van der Waals surface area contributed by atoms with Crippen LogP contribution < -0.4 is 4.72 Å². The first-order valence-electron chi connectivity index (χ1n) is 5.43. The van der Waals surface area contributed by atoms with Crippen LogP contribution in [-0.2, 0) is 0 Å². The zero-order chi connectivity index (χ0) is 13.7. The van der Waals surface area contributed by atoms with Crippen LogP contribution in [0.1, 0.15) is 10.4 Å². The summed E-state index contributed by atoms with van der Waals surface area (Å²) in [6.45, 7) is 0. The number of hydrogen-bond donors (Lipinski definition) is 1. The summed E-state index contributed by atoms with van der Waals surface area (Å²) < 4.78 is 2.64. The van der Waals surface area contributed by atoms with E-state index in [2.05, 4.69) is 4.72 Å².